The molecule has 1 aromatic heterocycles. The van der Waals surface area contributed by atoms with Crippen molar-refractivity contribution in [2.45, 2.75) is 0 Å². The number of rotatable bonds is 4. The molecule has 4 nitrogen and oxygen atoms in total. The summed E-state index contributed by atoms with van der Waals surface area (Å²) in [5.41, 5.74) is 1.69. The Labute approximate surface area is 110 Å². The van der Waals surface area contributed by atoms with Crippen LogP contribution in [0.3, 0.4) is 0 Å². The second kappa shape index (κ2) is 5.23. The van der Waals surface area contributed by atoms with Crippen LogP contribution in [-0.2, 0) is 0 Å². The summed E-state index contributed by atoms with van der Waals surface area (Å²) in [5.74, 6) is 1.75. The molecule has 0 spiro atoms. The van der Waals surface area contributed by atoms with Crippen molar-refractivity contribution in [1.82, 2.24) is 4.98 Å². The molecule has 96 valence electrons. The highest BCUT2D eigenvalue weighted by molar-refractivity contribution is 6.33. The number of benzene rings is 1. The number of ether oxygens (including phenoxy) is 3. The molecule has 0 amide bonds. The molecule has 2 rings (SSSR count). The van der Waals surface area contributed by atoms with Crippen LogP contribution in [0.5, 0.6) is 17.2 Å². The predicted molar refractivity (Wildman–Crippen MR) is 70.9 cm³/mol. The Balaban J connectivity index is 2.60. The fourth-order valence-corrected chi connectivity index (χ4v) is 2.02. The normalized spacial score (nSPS) is 10.2. The van der Waals surface area contributed by atoms with Gasteiger partial charge in [-0.25, -0.2) is 0 Å². The van der Waals surface area contributed by atoms with E-state index >= 15 is 0 Å². The summed E-state index contributed by atoms with van der Waals surface area (Å²) in [6, 6.07) is 5.48. The van der Waals surface area contributed by atoms with E-state index in [0.717, 1.165) is 11.3 Å². The molecule has 5 heteroatoms. The fourth-order valence-electron chi connectivity index (χ4n) is 1.80. The van der Waals surface area contributed by atoms with Gasteiger partial charge in [0, 0.05) is 11.8 Å². The monoisotopic (exact) mass is 267 g/mol. The maximum Gasteiger partial charge on any atom is 0.203 e. The van der Waals surface area contributed by atoms with Gasteiger partial charge in [0.2, 0.25) is 5.75 Å². The van der Waals surface area contributed by atoms with Gasteiger partial charge in [0.05, 0.1) is 32.0 Å². The second-order valence-electron chi connectivity index (χ2n) is 3.61. The van der Waals surface area contributed by atoms with Crippen LogP contribution >= 0.6 is 11.6 Å². The molecule has 1 N–H and O–H groups in total. The van der Waals surface area contributed by atoms with Gasteiger partial charge in [-0.3, -0.25) is 0 Å². The summed E-state index contributed by atoms with van der Waals surface area (Å²) in [6.07, 6.45) is 1.78. The third kappa shape index (κ3) is 2.11. The van der Waals surface area contributed by atoms with Crippen LogP contribution in [0, 0.1) is 0 Å². The van der Waals surface area contributed by atoms with Gasteiger partial charge in [0.25, 0.3) is 0 Å². The first-order valence-electron chi connectivity index (χ1n) is 5.34. The Kier molecular flexibility index (Phi) is 3.67. The molecule has 0 atom stereocenters. The van der Waals surface area contributed by atoms with Crippen LogP contribution in [0.1, 0.15) is 0 Å². The lowest BCUT2D eigenvalue weighted by atomic mass is 10.1. The summed E-state index contributed by atoms with van der Waals surface area (Å²) in [5, 5.41) is 0.643. The lowest BCUT2D eigenvalue weighted by Crippen LogP contribution is -1.95. The molecule has 0 aliphatic carbocycles. The van der Waals surface area contributed by atoms with E-state index in [0.29, 0.717) is 22.3 Å². The van der Waals surface area contributed by atoms with E-state index in [1.165, 1.54) is 0 Å². The van der Waals surface area contributed by atoms with Crippen LogP contribution in [0.2, 0.25) is 5.02 Å². The van der Waals surface area contributed by atoms with Crippen molar-refractivity contribution in [2.75, 3.05) is 21.3 Å². The van der Waals surface area contributed by atoms with E-state index in [1.807, 2.05) is 12.1 Å². The molecule has 0 fully saturated rings. The molecular formula is C13H14ClNO3. The van der Waals surface area contributed by atoms with E-state index in [2.05, 4.69) is 4.98 Å². The van der Waals surface area contributed by atoms with Crippen LogP contribution in [-0.4, -0.2) is 26.3 Å². The number of nitrogens with one attached hydrogen (secondary N) is 1. The maximum atomic E-state index is 6.09. The maximum absolute atomic E-state index is 6.09. The average molecular weight is 268 g/mol. The third-order valence-electron chi connectivity index (χ3n) is 2.65. The Morgan fingerprint density at radius 3 is 2.00 bits per heavy atom. The Hall–Kier alpha value is -1.81. The smallest absolute Gasteiger partial charge is 0.203 e. The van der Waals surface area contributed by atoms with Crippen molar-refractivity contribution in [1.29, 1.82) is 0 Å². The highest BCUT2D eigenvalue weighted by atomic mass is 35.5. The zero-order valence-electron chi connectivity index (χ0n) is 10.4. The van der Waals surface area contributed by atoms with Crippen LogP contribution in [0.15, 0.2) is 24.4 Å². The molecule has 18 heavy (non-hydrogen) atoms. The van der Waals surface area contributed by atoms with Gasteiger partial charge in [-0.05, 0) is 18.2 Å². The first-order chi connectivity index (χ1) is 8.71. The molecule has 1 aromatic carbocycles. The Morgan fingerprint density at radius 2 is 1.61 bits per heavy atom. The van der Waals surface area contributed by atoms with Crippen molar-refractivity contribution in [3.05, 3.63) is 29.4 Å². The SMILES string of the molecule is COc1cc(-c2[nH]ccc2Cl)cc(OC)c1OC. The lowest BCUT2D eigenvalue weighted by Gasteiger charge is -2.13. The molecule has 0 saturated carbocycles. The summed E-state index contributed by atoms with van der Waals surface area (Å²) in [7, 11) is 4.73. The largest absolute Gasteiger partial charge is 0.493 e. The van der Waals surface area contributed by atoms with Crippen LogP contribution in [0.25, 0.3) is 11.3 Å². The van der Waals surface area contributed by atoms with Gasteiger partial charge < -0.3 is 19.2 Å². The third-order valence-corrected chi connectivity index (χ3v) is 2.96. The molecule has 0 unspecified atom stereocenters. The van der Waals surface area contributed by atoms with Gasteiger partial charge in [-0.1, -0.05) is 11.6 Å². The zero-order chi connectivity index (χ0) is 13.1. The number of aromatic nitrogens is 1. The number of hydrogen-bond donors (Lipinski definition) is 1. The minimum Gasteiger partial charge on any atom is -0.493 e. The van der Waals surface area contributed by atoms with Gasteiger partial charge >= 0.3 is 0 Å². The van der Waals surface area contributed by atoms with Crippen LogP contribution in [0.4, 0.5) is 0 Å². The number of H-pyrrole nitrogens is 1. The molecular weight excluding hydrogens is 254 g/mol. The van der Waals surface area contributed by atoms with Crippen molar-refractivity contribution < 1.29 is 14.2 Å². The number of hydrogen-bond acceptors (Lipinski definition) is 3. The van der Waals surface area contributed by atoms with E-state index < -0.39 is 0 Å². The summed E-state index contributed by atoms with van der Waals surface area (Å²) in [6.45, 7) is 0. The first kappa shape index (κ1) is 12.6. The topological polar surface area (TPSA) is 43.5 Å². The number of halogens is 1. The Morgan fingerprint density at radius 1 is 1.00 bits per heavy atom. The highest BCUT2D eigenvalue weighted by Gasteiger charge is 2.15. The first-order valence-corrected chi connectivity index (χ1v) is 5.72. The molecule has 0 aliphatic heterocycles. The van der Waals surface area contributed by atoms with Crippen molar-refractivity contribution in [3.8, 4) is 28.5 Å². The second-order valence-corrected chi connectivity index (χ2v) is 4.02. The van der Waals surface area contributed by atoms with Crippen LogP contribution < -0.4 is 14.2 Å². The predicted octanol–water partition coefficient (Wildman–Crippen LogP) is 3.36. The van der Waals surface area contributed by atoms with Crippen molar-refractivity contribution in [3.63, 3.8) is 0 Å². The molecule has 0 radical (unpaired) electrons. The average Bonchev–Trinajstić information content (AvgIpc) is 2.83. The summed E-state index contributed by atoms with van der Waals surface area (Å²) in [4.78, 5) is 3.08. The zero-order valence-corrected chi connectivity index (χ0v) is 11.2. The minimum atomic E-state index is 0.562. The lowest BCUT2D eigenvalue weighted by molar-refractivity contribution is 0.324. The highest BCUT2D eigenvalue weighted by Crippen LogP contribution is 2.41. The molecule has 2 aromatic rings. The molecule has 0 bridgehead atoms. The minimum absolute atomic E-state index is 0.562. The molecule has 1 heterocycles. The number of aromatic amines is 1. The van der Waals surface area contributed by atoms with Gasteiger partial charge in [-0.2, -0.15) is 0 Å². The van der Waals surface area contributed by atoms with Crippen molar-refractivity contribution >= 4 is 11.6 Å². The van der Waals surface area contributed by atoms with E-state index in [-0.39, 0.29) is 0 Å². The quantitative estimate of drug-likeness (QED) is 0.924. The van der Waals surface area contributed by atoms with Gasteiger partial charge in [-0.15, -0.1) is 0 Å². The fraction of sp³-hybridized carbons (Fsp3) is 0.231. The van der Waals surface area contributed by atoms with E-state index in [4.69, 9.17) is 25.8 Å². The molecule has 0 saturated heterocycles. The number of methoxy groups -OCH3 is 3. The summed E-state index contributed by atoms with van der Waals surface area (Å²) >= 11 is 6.09. The van der Waals surface area contributed by atoms with E-state index in [1.54, 1.807) is 33.6 Å². The standard InChI is InChI=1S/C13H14ClNO3/c1-16-10-6-8(12-9(14)4-5-15-12)7-11(17-2)13(10)18-3/h4-7,15H,1-3H3. The summed E-state index contributed by atoms with van der Waals surface area (Å²) < 4.78 is 15.9. The van der Waals surface area contributed by atoms with Crippen molar-refractivity contribution in [2.24, 2.45) is 0 Å². The van der Waals surface area contributed by atoms with Gasteiger partial charge in [0.15, 0.2) is 11.5 Å². The van der Waals surface area contributed by atoms with Gasteiger partial charge in [0.1, 0.15) is 0 Å². The van der Waals surface area contributed by atoms with E-state index in [9.17, 15) is 0 Å². The molecule has 0 aliphatic rings. The Bertz CT molecular complexity index is 526.